The summed E-state index contributed by atoms with van der Waals surface area (Å²) in [6.07, 6.45) is 1.44. The summed E-state index contributed by atoms with van der Waals surface area (Å²) in [5, 5.41) is 2.97. The topological polar surface area (TPSA) is 50.7 Å². The van der Waals surface area contributed by atoms with Crippen molar-refractivity contribution in [3.63, 3.8) is 0 Å². The third kappa shape index (κ3) is 1.45. The van der Waals surface area contributed by atoms with Crippen molar-refractivity contribution in [1.82, 2.24) is 0 Å². The van der Waals surface area contributed by atoms with E-state index >= 15 is 0 Å². The van der Waals surface area contributed by atoms with E-state index in [9.17, 15) is 4.79 Å². The van der Waals surface area contributed by atoms with Crippen molar-refractivity contribution in [3.05, 3.63) is 24.3 Å². The number of carbonyl (C=O) groups excluding carboxylic acids is 1. The minimum Gasteiger partial charge on any atom is -0.477 e. The molecule has 2 atom stereocenters. The zero-order chi connectivity index (χ0) is 12.8. The van der Waals surface area contributed by atoms with Gasteiger partial charge < -0.3 is 10.1 Å². The number of fused-ring (bicyclic) bond motifs is 2. The number of nitrogens with one attached hydrogen (secondary N) is 1. The first-order valence-electron chi connectivity index (χ1n) is 6.32. The molecule has 18 heavy (non-hydrogen) atoms. The highest BCUT2D eigenvalue weighted by Gasteiger charge is 2.51. The molecule has 2 aliphatic rings. The lowest BCUT2D eigenvalue weighted by molar-refractivity contribution is -0.122. The number of benzene rings is 1. The quantitative estimate of drug-likeness (QED) is 0.825. The van der Waals surface area contributed by atoms with Crippen molar-refractivity contribution in [3.8, 4) is 0 Å². The third-order valence-electron chi connectivity index (χ3n) is 3.77. The van der Waals surface area contributed by atoms with Crippen molar-refractivity contribution >= 4 is 23.2 Å². The number of aliphatic imine (C=N–C) groups is 1. The molecule has 0 bridgehead atoms. The van der Waals surface area contributed by atoms with Crippen molar-refractivity contribution < 1.29 is 9.53 Å². The van der Waals surface area contributed by atoms with E-state index in [2.05, 4.69) is 10.3 Å². The van der Waals surface area contributed by atoms with E-state index in [0.29, 0.717) is 18.7 Å². The van der Waals surface area contributed by atoms with Crippen LogP contribution in [-0.2, 0) is 9.53 Å². The monoisotopic (exact) mass is 244 g/mol. The maximum atomic E-state index is 12.5. The highest BCUT2D eigenvalue weighted by molar-refractivity contribution is 6.14. The Hall–Kier alpha value is -1.84. The molecule has 1 aromatic carbocycles. The second-order valence-electron chi connectivity index (χ2n) is 4.96. The molecule has 0 spiro atoms. The average Bonchev–Trinajstić information content (AvgIpc) is 2.63. The lowest BCUT2D eigenvalue weighted by Crippen LogP contribution is -2.38. The van der Waals surface area contributed by atoms with Crippen LogP contribution in [0.3, 0.4) is 0 Å². The first-order valence-corrected chi connectivity index (χ1v) is 6.32. The molecule has 0 aromatic heterocycles. The summed E-state index contributed by atoms with van der Waals surface area (Å²) in [6, 6.07) is 7.56. The van der Waals surface area contributed by atoms with E-state index in [1.54, 1.807) is 0 Å². The van der Waals surface area contributed by atoms with E-state index < -0.39 is 5.41 Å². The van der Waals surface area contributed by atoms with Gasteiger partial charge in [-0.3, -0.25) is 4.79 Å². The summed E-state index contributed by atoms with van der Waals surface area (Å²) in [6.45, 7) is 3.99. The zero-order valence-corrected chi connectivity index (χ0v) is 10.6. The molecular weight excluding hydrogens is 228 g/mol. The Morgan fingerprint density at radius 3 is 3.06 bits per heavy atom. The predicted octanol–water partition coefficient (Wildman–Crippen LogP) is 2.87. The van der Waals surface area contributed by atoms with E-state index in [1.165, 1.54) is 0 Å². The van der Waals surface area contributed by atoms with Gasteiger partial charge >= 0.3 is 0 Å². The molecule has 4 heteroatoms. The average molecular weight is 244 g/mol. The van der Waals surface area contributed by atoms with Gasteiger partial charge in [-0.25, -0.2) is 4.99 Å². The second kappa shape index (κ2) is 3.83. The highest BCUT2D eigenvalue weighted by atomic mass is 16.5. The minimum absolute atomic E-state index is 0.00181. The summed E-state index contributed by atoms with van der Waals surface area (Å²) in [4.78, 5) is 17.0. The molecule has 1 saturated heterocycles. The first kappa shape index (κ1) is 11.3. The maximum Gasteiger partial charge on any atom is 0.240 e. The molecule has 2 aliphatic heterocycles. The van der Waals surface area contributed by atoms with Gasteiger partial charge in [0, 0.05) is 6.42 Å². The lowest BCUT2D eigenvalue weighted by atomic mass is 9.81. The van der Waals surface area contributed by atoms with Crippen LogP contribution >= 0.6 is 0 Å². The zero-order valence-electron chi connectivity index (χ0n) is 10.6. The molecule has 0 saturated carbocycles. The SMILES string of the molecule is CCC12CC(C)OC1=Nc1ccccc1NC2=O. The number of para-hydroxylation sites is 2. The minimum atomic E-state index is -0.599. The largest absolute Gasteiger partial charge is 0.477 e. The fourth-order valence-electron chi connectivity index (χ4n) is 2.73. The van der Waals surface area contributed by atoms with Crippen molar-refractivity contribution in [2.75, 3.05) is 5.32 Å². The number of ether oxygens (including phenoxy) is 1. The number of nitrogens with zero attached hydrogens (tertiary/aromatic N) is 1. The van der Waals surface area contributed by atoms with Crippen LogP contribution in [-0.4, -0.2) is 17.9 Å². The van der Waals surface area contributed by atoms with Gasteiger partial charge in [0.25, 0.3) is 0 Å². The fourth-order valence-corrected chi connectivity index (χ4v) is 2.73. The molecule has 2 heterocycles. The van der Waals surface area contributed by atoms with Gasteiger partial charge in [-0.15, -0.1) is 0 Å². The number of rotatable bonds is 1. The number of hydrogen-bond donors (Lipinski definition) is 1. The number of anilines is 1. The second-order valence-corrected chi connectivity index (χ2v) is 4.96. The molecule has 1 fully saturated rings. The molecule has 0 radical (unpaired) electrons. The van der Waals surface area contributed by atoms with Gasteiger partial charge in [0.2, 0.25) is 11.8 Å². The summed E-state index contributed by atoms with van der Waals surface area (Å²) >= 11 is 0. The standard InChI is InChI=1S/C14H16N2O2/c1-3-14-8-9(2)18-13(14)16-11-7-5-4-6-10(11)15-12(14)17/h4-7,9H,3,8H2,1-2H3,(H,15,17). The summed E-state index contributed by atoms with van der Waals surface area (Å²) in [5.41, 5.74) is 0.928. The number of amides is 1. The lowest BCUT2D eigenvalue weighted by Gasteiger charge is -2.22. The number of hydrogen-bond acceptors (Lipinski definition) is 3. The molecule has 1 aromatic rings. The van der Waals surface area contributed by atoms with Crippen LogP contribution in [0.4, 0.5) is 11.4 Å². The van der Waals surface area contributed by atoms with E-state index in [0.717, 1.165) is 11.4 Å². The van der Waals surface area contributed by atoms with Gasteiger partial charge in [-0.05, 0) is 25.5 Å². The Morgan fingerprint density at radius 2 is 2.28 bits per heavy atom. The Bertz CT molecular complexity index is 538. The van der Waals surface area contributed by atoms with Gasteiger partial charge in [0.15, 0.2) is 0 Å². The number of carbonyl (C=O) groups is 1. The summed E-state index contributed by atoms with van der Waals surface area (Å²) in [5.74, 6) is 0.568. The Labute approximate surface area is 106 Å². The van der Waals surface area contributed by atoms with Gasteiger partial charge in [-0.1, -0.05) is 19.1 Å². The summed E-state index contributed by atoms with van der Waals surface area (Å²) < 4.78 is 5.76. The molecule has 2 unspecified atom stereocenters. The van der Waals surface area contributed by atoms with Crippen molar-refractivity contribution in [1.29, 1.82) is 0 Å². The van der Waals surface area contributed by atoms with E-state index in [4.69, 9.17) is 4.74 Å². The normalized spacial score (nSPS) is 29.6. The van der Waals surface area contributed by atoms with Crippen LogP contribution < -0.4 is 5.32 Å². The van der Waals surface area contributed by atoms with Crippen LogP contribution in [0.15, 0.2) is 29.3 Å². The molecule has 94 valence electrons. The van der Waals surface area contributed by atoms with Crippen LogP contribution in [0.5, 0.6) is 0 Å². The molecule has 3 rings (SSSR count). The van der Waals surface area contributed by atoms with Crippen LogP contribution in [0.2, 0.25) is 0 Å². The smallest absolute Gasteiger partial charge is 0.240 e. The first-order chi connectivity index (χ1) is 8.65. The molecule has 1 amide bonds. The van der Waals surface area contributed by atoms with Crippen molar-refractivity contribution in [2.24, 2.45) is 10.4 Å². The Kier molecular flexibility index (Phi) is 2.40. The molecule has 0 aliphatic carbocycles. The Morgan fingerprint density at radius 1 is 1.50 bits per heavy atom. The van der Waals surface area contributed by atoms with Gasteiger partial charge in [-0.2, -0.15) is 0 Å². The highest BCUT2D eigenvalue weighted by Crippen LogP contribution is 2.43. The van der Waals surface area contributed by atoms with Gasteiger partial charge in [0.1, 0.15) is 5.41 Å². The molecule has 1 N–H and O–H groups in total. The van der Waals surface area contributed by atoms with Gasteiger partial charge in [0.05, 0.1) is 17.5 Å². The molecular formula is C14H16N2O2. The van der Waals surface area contributed by atoms with Crippen LogP contribution in [0, 0.1) is 5.41 Å². The molecule has 4 nitrogen and oxygen atoms in total. The van der Waals surface area contributed by atoms with Crippen molar-refractivity contribution in [2.45, 2.75) is 32.8 Å². The third-order valence-corrected chi connectivity index (χ3v) is 3.77. The van der Waals surface area contributed by atoms with E-state index in [1.807, 2.05) is 38.1 Å². The summed E-state index contributed by atoms with van der Waals surface area (Å²) in [7, 11) is 0. The van der Waals surface area contributed by atoms with Crippen LogP contribution in [0.1, 0.15) is 26.7 Å². The fraction of sp³-hybridized carbons (Fsp3) is 0.429. The van der Waals surface area contributed by atoms with E-state index in [-0.39, 0.29) is 12.0 Å². The Balaban J connectivity index is 2.17. The maximum absolute atomic E-state index is 12.5. The van der Waals surface area contributed by atoms with Crippen LogP contribution in [0.25, 0.3) is 0 Å². The predicted molar refractivity (Wildman–Crippen MR) is 70.1 cm³/mol.